The molecule has 5 heteroatoms. The molecule has 0 spiro atoms. The highest BCUT2D eigenvalue weighted by atomic mass is 79.9. The van der Waals surface area contributed by atoms with Gasteiger partial charge in [-0.3, -0.25) is 0 Å². The molecule has 1 saturated carbocycles. The second kappa shape index (κ2) is 6.39. The molecule has 0 aromatic heterocycles. The topological polar surface area (TPSA) is 52.6 Å². The van der Waals surface area contributed by atoms with Gasteiger partial charge in [-0.15, -0.1) is 0 Å². The molecule has 104 valence electrons. The van der Waals surface area contributed by atoms with E-state index in [0.29, 0.717) is 19.0 Å². The average molecular weight is 327 g/mol. The molecule has 1 fully saturated rings. The number of hydrogen-bond donors (Lipinski definition) is 2. The average Bonchev–Trinajstić information content (AvgIpc) is 3.15. The number of carbonyl (C=O) groups excluding carboxylic acids is 1. The maximum atomic E-state index is 11.9. The number of rotatable bonds is 5. The lowest BCUT2D eigenvalue weighted by Crippen LogP contribution is -2.42. The molecule has 0 radical (unpaired) electrons. The minimum atomic E-state index is -0.0823. The van der Waals surface area contributed by atoms with Gasteiger partial charge < -0.3 is 15.3 Å². The molecular formula is C14H19BrN2O2. The zero-order valence-corrected chi connectivity index (χ0v) is 12.6. The highest BCUT2D eigenvalue weighted by molar-refractivity contribution is 9.10. The van der Waals surface area contributed by atoms with Gasteiger partial charge in [-0.25, -0.2) is 4.79 Å². The van der Waals surface area contributed by atoms with Crippen LogP contribution in [0.2, 0.25) is 0 Å². The van der Waals surface area contributed by atoms with Crippen LogP contribution < -0.4 is 5.32 Å². The number of urea groups is 1. The predicted octanol–water partition coefficient (Wildman–Crippen LogP) is 2.33. The van der Waals surface area contributed by atoms with E-state index in [9.17, 15) is 4.79 Å². The van der Waals surface area contributed by atoms with Crippen molar-refractivity contribution in [3.05, 3.63) is 34.3 Å². The van der Waals surface area contributed by atoms with E-state index in [4.69, 9.17) is 5.11 Å². The van der Waals surface area contributed by atoms with Gasteiger partial charge in [0.15, 0.2) is 0 Å². The van der Waals surface area contributed by atoms with Gasteiger partial charge in [-0.1, -0.05) is 28.1 Å². The summed E-state index contributed by atoms with van der Waals surface area (Å²) in [7, 11) is 0. The Morgan fingerprint density at radius 3 is 2.74 bits per heavy atom. The first-order valence-corrected chi connectivity index (χ1v) is 7.36. The zero-order chi connectivity index (χ0) is 13.8. The molecule has 0 bridgehead atoms. The number of likely N-dealkylation sites (N-methyl/N-ethyl adjacent to an activating group) is 1. The number of carbonyl (C=O) groups is 1. The number of nitrogens with one attached hydrogen (secondary N) is 1. The van der Waals surface area contributed by atoms with Crippen LogP contribution in [0.3, 0.4) is 0 Å². The summed E-state index contributed by atoms with van der Waals surface area (Å²) in [6, 6.07) is 8.37. The van der Waals surface area contributed by atoms with Gasteiger partial charge in [0.2, 0.25) is 0 Å². The third kappa shape index (κ3) is 3.70. The molecule has 19 heavy (non-hydrogen) atoms. The molecule has 1 aromatic rings. The number of aliphatic hydroxyl groups is 1. The lowest BCUT2D eigenvalue weighted by atomic mass is 10.1. The normalized spacial score (nSPS) is 21.0. The summed E-state index contributed by atoms with van der Waals surface area (Å²) < 4.78 is 1.07. The first-order chi connectivity index (χ1) is 9.15. The zero-order valence-electron chi connectivity index (χ0n) is 11.0. The Morgan fingerprint density at radius 2 is 2.16 bits per heavy atom. The van der Waals surface area contributed by atoms with Crippen molar-refractivity contribution < 1.29 is 9.90 Å². The molecule has 0 saturated heterocycles. The maximum absolute atomic E-state index is 11.9. The number of amides is 2. The molecule has 1 aromatic carbocycles. The number of benzene rings is 1. The van der Waals surface area contributed by atoms with Crippen LogP contribution in [0.5, 0.6) is 0 Å². The van der Waals surface area contributed by atoms with Crippen molar-refractivity contribution in [2.45, 2.75) is 25.3 Å². The van der Waals surface area contributed by atoms with Crippen LogP contribution in [0.25, 0.3) is 0 Å². The van der Waals surface area contributed by atoms with Crippen molar-refractivity contribution in [1.82, 2.24) is 10.2 Å². The molecule has 2 atom stereocenters. The molecule has 2 amide bonds. The molecule has 2 rings (SSSR count). The number of nitrogens with zero attached hydrogens (tertiary/aromatic N) is 1. The van der Waals surface area contributed by atoms with Crippen molar-refractivity contribution in [3.8, 4) is 0 Å². The van der Waals surface area contributed by atoms with Crippen molar-refractivity contribution in [2.75, 3.05) is 19.7 Å². The number of hydrogen-bond acceptors (Lipinski definition) is 2. The SMILES string of the molecule is CCN(CCO)C(=O)NC1CC1c1ccc(Br)cc1. The molecule has 4 nitrogen and oxygen atoms in total. The third-order valence-corrected chi connectivity index (χ3v) is 3.96. The van der Waals surface area contributed by atoms with E-state index in [1.54, 1.807) is 4.90 Å². The molecule has 1 aliphatic carbocycles. The van der Waals surface area contributed by atoms with Crippen LogP contribution >= 0.6 is 15.9 Å². The van der Waals surface area contributed by atoms with E-state index in [1.807, 2.05) is 19.1 Å². The van der Waals surface area contributed by atoms with Crippen LogP contribution in [0.1, 0.15) is 24.8 Å². The smallest absolute Gasteiger partial charge is 0.317 e. The summed E-state index contributed by atoms with van der Waals surface area (Å²) in [6.07, 6.45) is 0.990. The monoisotopic (exact) mass is 326 g/mol. The first kappa shape index (κ1) is 14.3. The minimum Gasteiger partial charge on any atom is -0.395 e. The van der Waals surface area contributed by atoms with Gasteiger partial charge in [0.25, 0.3) is 0 Å². The van der Waals surface area contributed by atoms with Gasteiger partial charge in [-0.05, 0) is 31.0 Å². The lowest BCUT2D eigenvalue weighted by Gasteiger charge is -2.20. The number of halogens is 1. The van der Waals surface area contributed by atoms with Gasteiger partial charge in [0.1, 0.15) is 0 Å². The molecule has 0 heterocycles. The maximum Gasteiger partial charge on any atom is 0.317 e. The molecular weight excluding hydrogens is 308 g/mol. The Morgan fingerprint density at radius 1 is 1.47 bits per heavy atom. The van der Waals surface area contributed by atoms with Crippen LogP contribution in [0.15, 0.2) is 28.7 Å². The summed E-state index contributed by atoms with van der Waals surface area (Å²) in [5.41, 5.74) is 1.26. The van der Waals surface area contributed by atoms with Crippen LogP contribution in [-0.4, -0.2) is 41.8 Å². The summed E-state index contributed by atoms with van der Waals surface area (Å²) in [4.78, 5) is 13.6. The van der Waals surface area contributed by atoms with E-state index < -0.39 is 0 Å². The van der Waals surface area contributed by atoms with Crippen molar-refractivity contribution in [3.63, 3.8) is 0 Å². The van der Waals surface area contributed by atoms with Crippen LogP contribution in [0, 0.1) is 0 Å². The highest BCUT2D eigenvalue weighted by Gasteiger charge is 2.39. The Labute approximate surface area is 121 Å². The molecule has 0 aliphatic heterocycles. The second-order valence-corrected chi connectivity index (χ2v) is 5.67. The standard InChI is InChI=1S/C14H19BrN2O2/c1-2-17(7-8-18)14(19)16-13-9-12(13)10-3-5-11(15)6-4-10/h3-6,12-13,18H,2,7-9H2,1H3,(H,16,19). The third-order valence-electron chi connectivity index (χ3n) is 3.44. The Bertz CT molecular complexity index is 436. The summed E-state index contributed by atoms with van der Waals surface area (Å²) >= 11 is 3.42. The Kier molecular flexibility index (Phi) is 4.82. The van der Waals surface area contributed by atoms with Crippen molar-refractivity contribution in [1.29, 1.82) is 0 Å². The molecule has 1 aliphatic rings. The first-order valence-electron chi connectivity index (χ1n) is 6.57. The fourth-order valence-corrected chi connectivity index (χ4v) is 2.47. The van der Waals surface area contributed by atoms with Crippen LogP contribution in [0.4, 0.5) is 4.79 Å². The number of aliphatic hydroxyl groups excluding tert-OH is 1. The Balaban J connectivity index is 1.86. The largest absolute Gasteiger partial charge is 0.395 e. The predicted molar refractivity (Wildman–Crippen MR) is 78.2 cm³/mol. The van der Waals surface area contributed by atoms with Crippen molar-refractivity contribution in [2.24, 2.45) is 0 Å². The van der Waals surface area contributed by atoms with Crippen LogP contribution in [-0.2, 0) is 0 Å². The summed E-state index contributed by atoms with van der Waals surface area (Å²) in [5.74, 6) is 0.421. The van der Waals surface area contributed by atoms with Gasteiger partial charge in [0, 0.05) is 29.5 Å². The van der Waals surface area contributed by atoms with E-state index in [1.165, 1.54) is 5.56 Å². The fraction of sp³-hybridized carbons (Fsp3) is 0.500. The Hall–Kier alpha value is -1.07. The molecule has 2 N–H and O–H groups in total. The molecule has 2 unspecified atom stereocenters. The van der Waals surface area contributed by atoms with E-state index >= 15 is 0 Å². The van der Waals surface area contributed by atoms with Gasteiger partial charge in [-0.2, -0.15) is 0 Å². The van der Waals surface area contributed by atoms with E-state index in [0.717, 1.165) is 10.9 Å². The quantitative estimate of drug-likeness (QED) is 0.872. The highest BCUT2D eigenvalue weighted by Crippen LogP contribution is 2.41. The van der Waals surface area contributed by atoms with Crippen molar-refractivity contribution >= 4 is 22.0 Å². The van der Waals surface area contributed by atoms with E-state index in [-0.39, 0.29) is 18.7 Å². The minimum absolute atomic E-state index is 0.00205. The van der Waals surface area contributed by atoms with Gasteiger partial charge >= 0.3 is 6.03 Å². The summed E-state index contributed by atoms with van der Waals surface area (Å²) in [5, 5.41) is 11.9. The lowest BCUT2D eigenvalue weighted by molar-refractivity contribution is 0.180. The van der Waals surface area contributed by atoms with Gasteiger partial charge in [0.05, 0.1) is 6.61 Å². The fourth-order valence-electron chi connectivity index (χ4n) is 2.21. The summed E-state index contributed by atoms with van der Waals surface area (Å²) in [6.45, 7) is 2.91. The second-order valence-electron chi connectivity index (χ2n) is 4.75. The van der Waals surface area contributed by atoms with E-state index in [2.05, 4.69) is 33.4 Å².